The number of hydrogen-bond donors (Lipinski definition) is 2. The molecule has 2 heterocycles. The van der Waals surface area contributed by atoms with E-state index in [1.807, 2.05) is 0 Å². The normalized spacial score (nSPS) is 26.4. The molecule has 0 unspecified atom stereocenters. The van der Waals surface area contributed by atoms with Crippen molar-refractivity contribution in [3.63, 3.8) is 0 Å². The van der Waals surface area contributed by atoms with Crippen LogP contribution in [0.1, 0.15) is 12.6 Å². The van der Waals surface area contributed by atoms with Crippen LogP contribution in [0.25, 0.3) is 0 Å². The number of aromatic nitrogens is 2. The van der Waals surface area contributed by atoms with E-state index in [9.17, 15) is 13.6 Å². The Bertz CT molecular complexity index is 522. The number of rotatable bonds is 2. The van der Waals surface area contributed by atoms with Gasteiger partial charge in [-0.05, 0) is 0 Å². The van der Waals surface area contributed by atoms with Gasteiger partial charge in [-0.3, -0.25) is 4.57 Å². The Morgan fingerprint density at radius 1 is 1.72 bits per heavy atom. The van der Waals surface area contributed by atoms with Gasteiger partial charge in [0.1, 0.15) is 5.82 Å². The summed E-state index contributed by atoms with van der Waals surface area (Å²) in [6.07, 6.45) is -2.60. The van der Waals surface area contributed by atoms with Gasteiger partial charge in [-0.15, -0.1) is 0 Å². The molecule has 1 aliphatic rings. The highest BCUT2D eigenvalue weighted by molar-refractivity contribution is 6.32. The molecular formula is C9H10ClF2N3O3. The minimum Gasteiger partial charge on any atom is -0.394 e. The quantitative estimate of drug-likeness (QED) is 0.818. The minimum atomic E-state index is -3.29. The molecule has 6 nitrogen and oxygen atoms in total. The lowest BCUT2D eigenvalue weighted by Crippen LogP contribution is -2.35. The van der Waals surface area contributed by atoms with Crippen molar-refractivity contribution in [1.82, 2.24) is 9.55 Å². The Hall–Kier alpha value is -1.25. The van der Waals surface area contributed by atoms with E-state index in [0.717, 1.165) is 6.20 Å². The summed E-state index contributed by atoms with van der Waals surface area (Å²) >= 11 is 5.63. The number of halogens is 3. The molecule has 18 heavy (non-hydrogen) atoms. The molecule has 0 saturated carbocycles. The molecule has 1 fully saturated rings. The van der Waals surface area contributed by atoms with E-state index in [1.54, 1.807) is 0 Å². The zero-order chi connectivity index (χ0) is 13.5. The van der Waals surface area contributed by atoms with Gasteiger partial charge in [0.15, 0.2) is 0 Å². The van der Waals surface area contributed by atoms with Crippen molar-refractivity contribution in [3.05, 3.63) is 21.7 Å². The van der Waals surface area contributed by atoms with Crippen LogP contribution in [0.2, 0.25) is 5.02 Å². The first-order valence-corrected chi connectivity index (χ1v) is 5.41. The van der Waals surface area contributed by atoms with Gasteiger partial charge in [-0.2, -0.15) is 4.98 Å². The Balaban J connectivity index is 2.43. The third kappa shape index (κ3) is 2.18. The second kappa shape index (κ2) is 4.45. The first-order valence-electron chi connectivity index (χ1n) is 5.03. The highest BCUT2D eigenvalue weighted by atomic mass is 35.5. The molecule has 3 N–H and O–H groups in total. The fourth-order valence-electron chi connectivity index (χ4n) is 1.74. The Morgan fingerprint density at radius 2 is 2.39 bits per heavy atom. The summed E-state index contributed by atoms with van der Waals surface area (Å²) in [7, 11) is 0. The second-order valence-electron chi connectivity index (χ2n) is 3.92. The van der Waals surface area contributed by atoms with E-state index in [4.69, 9.17) is 27.2 Å². The summed E-state index contributed by atoms with van der Waals surface area (Å²) in [5.41, 5.74) is 4.30. The molecule has 100 valence electrons. The maximum absolute atomic E-state index is 13.6. The van der Waals surface area contributed by atoms with Crippen LogP contribution in [-0.4, -0.2) is 33.3 Å². The number of nitrogens with two attached hydrogens (primary N) is 1. The van der Waals surface area contributed by atoms with E-state index >= 15 is 0 Å². The molecule has 0 radical (unpaired) electrons. The number of ether oxygens (including phenoxy) is 1. The van der Waals surface area contributed by atoms with Crippen LogP contribution in [0.4, 0.5) is 14.6 Å². The summed E-state index contributed by atoms with van der Waals surface area (Å²) < 4.78 is 32.8. The molecule has 0 aromatic carbocycles. The molecular weight excluding hydrogens is 272 g/mol. The van der Waals surface area contributed by atoms with Crippen molar-refractivity contribution >= 4 is 17.4 Å². The average Bonchev–Trinajstić information content (AvgIpc) is 2.59. The second-order valence-corrected chi connectivity index (χ2v) is 4.33. The van der Waals surface area contributed by atoms with Gasteiger partial charge in [0.2, 0.25) is 6.23 Å². The topological polar surface area (TPSA) is 90.4 Å². The highest BCUT2D eigenvalue weighted by Gasteiger charge is 2.51. The lowest BCUT2D eigenvalue weighted by atomic mass is 10.2. The van der Waals surface area contributed by atoms with Gasteiger partial charge in [-0.25, -0.2) is 13.6 Å². The van der Waals surface area contributed by atoms with Gasteiger partial charge in [0, 0.05) is 12.6 Å². The maximum Gasteiger partial charge on any atom is 0.351 e. The van der Waals surface area contributed by atoms with Crippen molar-refractivity contribution in [2.75, 3.05) is 12.3 Å². The summed E-state index contributed by atoms with van der Waals surface area (Å²) in [6, 6.07) is 0. The first-order chi connectivity index (χ1) is 8.35. The van der Waals surface area contributed by atoms with E-state index < -0.39 is 37.0 Å². The highest BCUT2D eigenvalue weighted by Crippen LogP contribution is 2.41. The van der Waals surface area contributed by atoms with Crippen LogP contribution in [0, 0.1) is 0 Å². The van der Waals surface area contributed by atoms with Gasteiger partial charge in [0.25, 0.3) is 5.92 Å². The maximum atomic E-state index is 13.6. The third-order valence-electron chi connectivity index (χ3n) is 2.57. The minimum absolute atomic E-state index is 0.124. The number of aliphatic hydroxyl groups is 1. The van der Waals surface area contributed by atoms with E-state index in [2.05, 4.69) is 4.98 Å². The molecule has 0 bridgehead atoms. The van der Waals surface area contributed by atoms with Crippen LogP contribution >= 0.6 is 11.6 Å². The number of anilines is 1. The monoisotopic (exact) mass is 281 g/mol. The van der Waals surface area contributed by atoms with Crippen LogP contribution in [0.15, 0.2) is 11.0 Å². The van der Waals surface area contributed by atoms with Crippen molar-refractivity contribution in [1.29, 1.82) is 0 Å². The predicted molar refractivity (Wildman–Crippen MR) is 58.5 cm³/mol. The summed E-state index contributed by atoms with van der Waals surface area (Å²) in [6.45, 7) is -0.559. The Labute approximate surface area is 105 Å². The molecule has 1 aliphatic heterocycles. The molecule has 0 spiro atoms. The molecule has 1 aromatic heterocycles. The van der Waals surface area contributed by atoms with E-state index in [0.29, 0.717) is 4.57 Å². The van der Waals surface area contributed by atoms with Crippen molar-refractivity contribution < 1.29 is 18.6 Å². The van der Waals surface area contributed by atoms with Gasteiger partial charge in [0.05, 0.1) is 17.7 Å². The largest absolute Gasteiger partial charge is 0.394 e. The smallest absolute Gasteiger partial charge is 0.351 e. The zero-order valence-electron chi connectivity index (χ0n) is 9.02. The van der Waals surface area contributed by atoms with Gasteiger partial charge >= 0.3 is 5.69 Å². The van der Waals surface area contributed by atoms with Crippen LogP contribution in [-0.2, 0) is 4.74 Å². The Morgan fingerprint density at radius 3 is 2.94 bits per heavy atom. The molecule has 2 rings (SSSR count). The molecule has 0 aliphatic carbocycles. The summed E-state index contributed by atoms with van der Waals surface area (Å²) in [4.78, 5) is 14.8. The standard InChI is InChI=1S/C9H10ClF2N3O3/c10-5-2-15(8(17)14-6(5)13)7-9(11,12)1-4(3-16)18-7/h2,4,7,16H,1,3H2,(H2,13,14,17)/t4-,7-/m1/s1. The number of nitrogen functional groups attached to an aromatic ring is 1. The van der Waals surface area contributed by atoms with Crippen molar-refractivity contribution in [3.8, 4) is 0 Å². The van der Waals surface area contributed by atoms with E-state index in [1.165, 1.54) is 0 Å². The molecule has 1 saturated heterocycles. The third-order valence-corrected chi connectivity index (χ3v) is 2.86. The van der Waals surface area contributed by atoms with Crippen LogP contribution in [0.5, 0.6) is 0 Å². The van der Waals surface area contributed by atoms with Gasteiger partial charge < -0.3 is 15.6 Å². The van der Waals surface area contributed by atoms with Crippen LogP contribution < -0.4 is 11.4 Å². The first kappa shape index (κ1) is 13.2. The number of hydrogen-bond acceptors (Lipinski definition) is 5. The van der Waals surface area contributed by atoms with Crippen molar-refractivity contribution in [2.45, 2.75) is 24.7 Å². The average molecular weight is 282 g/mol. The summed E-state index contributed by atoms with van der Waals surface area (Å²) in [5, 5.41) is 8.70. The number of aliphatic hydroxyl groups excluding tert-OH is 1. The number of alkyl halides is 2. The molecule has 2 atom stereocenters. The lowest BCUT2D eigenvalue weighted by Gasteiger charge is -2.20. The Kier molecular flexibility index (Phi) is 3.26. The lowest BCUT2D eigenvalue weighted by molar-refractivity contribution is -0.120. The fraction of sp³-hybridized carbons (Fsp3) is 0.556. The van der Waals surface area contributed by atoms with E-state index in [-0.39, 0.29) is 10.8 Å². The fourth-order valence-corrected chi connectivity index (χ4v) is 1.88. The van der Waals surface area contributed by atoms with Crippen LogP contribution in [0.3, 0.4) is 0 Å². The molecule has 9 heteroatoms. The SMILES string of the molecule is Nc1nc(=O)n([C@@H]2O[C@@H](CO)CC2(F)F)cc1Cl. The predicted octanol–water partition coefficient (Wildman–Crippen LogP) is 0.394. The summed E-state index contributed by atoms with van der Waals surface area (Å²) in [5.74, 6) is -3.53. The molecule has 1 aromatic rings. The van der Waals surface area contributed by atoms with Crippen molar-refractivity contribution in [2.24, 2.45) is 0 Å². The number of nitrogens with zero attached hydrogens (tertiary/aromatic N) is 2. The zero-order valence-corrected chi connectivity index (χ0v) is 9.77. The van der Waals surface area contributed by atoms with Gasteiger partial charge in [-0.1, -0.05) is 11.6 Å². The molecule has 0 amide bonds.